The van der Waals surface area contributed by atoms with Crippen molar-refractivity contribution in [2.45, 2.75) is 6.54 Å². The summed E-state index contributed by atoms with van der Waals surface area (Å²) >= 11 is 0. The average Bonchev–Trinajstić information content (AvgIpc) is 3.13. The van der Waals surface area contributed by atoms with Crippen LogP contribution in [0.3, 0.4) is 0 Å². The number of carbonyl (C=O) groups excluding carboxylic acids is 1. The first-order valence-electron chi connectivity index (χ1n) is 9.58. The molecule has 1 aromatic heterocycles. The van der Waals surface area contributed by atoms with Gasteiger partial charge in [0.15, 0.2) is 5.97 Å². The Morgan fingerprint density at radius 2 is 1.69 bits per heavy atom. The lowest BCUT2D eigenvalue weighted by atomic mass is 10.1. The number of likely N-dealkylation sites (N-methyl/N-ethyl adjacent to an activating group) is 1. The van der Waals surface area contributed by atoms with Crippen LogP contribution in [0.25, 0.3) is 10.9 Å². The van der Waals surface area contributed by atoms with Crippen molar-refractivity contribution in [2.75, 3.05) is 38.1 Å². The van der Waals surface area contributed by atoms with E-state index in [0.29, 0.717) is 0 Å². The number of aromatic nitrogens is 1. The first kappa shape index (κ1) is 20.4. The molecule has 0 saturated carbocycles. The van der Waals surface area contributed by atoms with Crippen LogP contribution in [0.4, 0.5) is 5.69 Å². The van der Waals surface area contributed by atoms with Gasteiger partial charge >= 0.3 is 5.97 Å². The second-order valence-corrected chi connectivity index (χ2v) is 7.18. The zero-order chi connectivity index (χ0) is 20.8. The van der Waals surface area contributed by atoms with Crippen LogP contribution in [0, 0.1) is 0 Å². The number of fused-ring (bicyclic) bond motifs is 1. The second-order valence-electron chi connectivity index (χ2n) is 7.18. The summed E-state index contributed by atoms with van der Waals surface area (Å²) < 4.78 is 2.36. The van der Waals surface area contributed by atoms with Crippen LogP contribution in [-0.4, -0.2) is 54.8 Å². The minimum atomic E-state index is -2.07. The summed E-state index contributed by atoms with van der Waals surface area (Å²) in [6, 6.07) is 19.7. The minimum Gasteiger partial charge on any atom is -0.539 e. The van der Waals surface area contributed by atoms with Gasteiger partial charge in [0.2, 0.25) is 0 Å². The SMILES string of the molecule is C[NH+]1CCN(c2cccc3c2ccn3Cc2ccccc2)CC1.O=C([O-])C(=O)O. The maximum Gasteiger partial charge on any atom is 0.351 e. The molecule has 7 nitrogen and oxygen atoms in total. The van der Waals surface area contributed by atoms with Crippen LogP contribution in [-0.2, 0) is 16.1 Å². The maximum absolute atomic E-state index is 9.04. The summed E-state index contributed by atoms with van der Waals surface area (Å²) in [6.07, 6.45) is 2.22. The van der Waals surface area contributed by atoms with E-state index in [0.717, 1.165) is 19.6 Å². The zero-order valence-corrected chi connectivity index (χ0v) is 16.4. The number of hydrogen-bond acceptors (Lipinski definition) is 4. The van der Waals surface area contributed by atoms with Gasteiger partial charge in [-0.2, -0.15) is 0 Å². The molecule has 2 heterocycles. The number of benzene rings is 2. The van der Waals surface area contributed by atoms with Gasteiger partial charge in [0, 0.05) is 23.8 Å². The van der Waals surface area contributed by atoms with Gasteiger partial charge < -0.3 is 29.4 Å². The Hall–Kier alpha value is -3.32. The molecule has 0 unspecified atom stereocenters. The lowest BCUT2D eigenvalue weighted by molar-refractivity contribution is -0.880. The van der Waals surface area contributed by atoms with Gasteiger partial charge in [-0.25, -0.2) is 4.79 Å². The molecule has 2 N–H and O–H groups in total. The molecular formula is C22H25N3O4. The number of carboxylic acids is 2. The van der Waals surface area contributed by atoms with Crippen LogP contribution in [0.1, 0.15) is 5.56 Å². The molecule has 1 saturated heterocycles. The fourth-order valence-electron chi connectivity index (χ4n) is 3.53. The van der Waals surface area contributed by atoms with Crippen molar-refractivity contribution >= 4 is 28.5 Å². The third-order valence-corrected chi connectivity index (χ3v) is 5.12. The van der Waals surface area contributed by atoms with Crippen molar-refractivity contribution in [2.24, 2.45) is 0 Å². The van der Waals surface area contributed by atoms with Crippen LogP contribution >= 0.6 is 0 Å². The largest absolute Gasteiger partial charge is 0.539 e. The lowest BCUT2D eigenvalue weighted by Gasteiger charge is -2.32. The summed E-state index contributed by atoms with van der Waals surface area (Å²) in [5, 5.41) is 17.7. The molecule has 0 aliphatic carbocycles. The van der Waals surface area contributed by atoms with Crippen molar-refractivity contribution in [1.29, 1.82) is 0 Å². The van der Waals surface area contributed by atoms with Crippen LogP contribution in [0.5, 0.6) is 0 Å². The first-order valence-corrected chi connectivity index (χ1v) is 9.58. The van der Waals surface area contributed by atoms with Gasteiger partial charge in [-0.15, -0.1) is 0 Å². The van der Waals surface area contributed by atoms with Gasteiger partial charge in [0.05, 0.1) is 38.7 Å². The molecule has 1 aliphatic heterocycles. The lowest BCUT2D eigenvalue weighted by Crippen LogP contribution is -3.12. The van der Waals surface area contributed by atoms with E-state index in [9.17, 15) is 0 Å². The van der Waals surface area contributed by atoms with E-state index in [-0.39, 0.29) is 0 Å². The summed E-state index contributed by atoms with van der Waals surface area (Å²) in [4.78, 5) is 22.2. The highest BCUT2D eigenvalue weighted by Gasteiger charge is 2.19. The van der Waals surface area contributed by atoms with Crippen molar-refractivity contribution in [1.82, 2.24) is 4.57 Å². The number of carboxylic acid groups (broad SMARTS) is 2. The first-order chi connectivity index (χ1) is 14.0. The number of nitrogens with one attached hydrogen (secondary N) is 1. The highest BCUT2D eigenvalue weighted by molar-refractivity contribution is 6.26. The van der Waals surface area contributed by atoms with Crippen molar-refractivity contribution < 1.29 is 24.7 Å². The van der Waals surface area contributed by atoms with E-state index < -0.39 is 11.9 Å². The molecule has 152 valence electrons. The fourth-order valence-corrected chi connectivity index (χ4v) is 3.53. The molecule has 4 rings (SSSR count). The molecule has 3 aromatic rings. The highest BCUT2D eigenvalue weighted by Crippen LogP contribution is 2.28. The van der Waals surface area contributed by atoms with Crippen LogP contribution < -0.4 is 14.9 Å². The molecule has 0 bridgehead atoms. The molecule has 0 radical (unpaired) electrons. The maximum atomic E-state index is 9.04. The predicted octanol–water partition coefficient (Wildman–Crippen LogP) is -0.155. The molecule has 1 aliphatic rings. The summed E-state index contributed by atoms with van der Waals surface area (Å²) in [5.41, 5.74) is 4.07. The second kappa shape index (κ2) is 9.25. The summed E-state index contributed by atoms with van der Waals surface area (Å²) in [6.45, 7) is 5.67. The average molecular weight is 395 g/mol. The Bertz CT molecular complexity index is 964. The molecular weight excluding hydrogens is 370 g/mol. The Morgan fingerprint density at radius 1 is 1.03 bits per heavy atom. The molecule has 0 amide bonds. The third kappa shape index (κ3) is 5.14. The number of hydrogen-bond donors (Lipinski definition) is 2. The molecule has 2 aromatic carbocycles. The zero-order valence-electron chi connectivity index (χ0n) is 16.4. The van der Waals surface area contributed by atoms with Crippen molar-refractivity contribution in [3.05, 3.63) is 66.4 Å². The smallest absolute Gasteiger partial charge is 0.351 e. The number of aliphatic carboxylic acids is 2. The van der Waals surface area contributed by atoms with Gasteiger partial charge in [-0.05, 0) is 23.8 Å². The van der Waals surface area contributed by atoms with Gasteiger partial charge in [-0.3, -0.25) is 0 Å². The number of anilines is 1. The van der Waals surface area contributed by atoms with Gasteiger partial charge in [-0.1, -0.05) is 36.4 Å². The summed E-state index contributed by atoms with van der Waals surface area (Å²) in [5.74, 6) is -4.01. The Kier molecular flexibility index (Phi) is 6.51. The Morgan fingerprint density at radius 3 is 2.31 bits per heavy atom. The molecule has 0 spiro atoms. The van der Waals surface area contributed by atoms with E-state index in [1.165, 1.54) is 35.2 Å². The number of nitrogens with zero attached hydrogens (tertiary/aromatic N) is 2. The predicted molar refractivity (Wildman–Crippen MR) is 109 cm³/mol. The van der Waals surface area contributed by atoms with Crippen LogP contribution in [0.15, 0.2) is 60.8 Å². The molecule has 1 fully saturated rings. The van der Waals surface area contributed by atoms with Gasteiger partial charge in [0.25, 0.3) is 0 Å². The Labute approximate surface area is 169 Å². The minimum absolute atomic E-state index is 0.931. The highest BCUT2D eigenvalue weighted by atomic mass is 16.4. The van der Waals surface area contributed by atoms with Crippen molar-refractivity contribution in [3.8, 4) is 0 Å². The number of quaternary nitrogens is 1. The monoisotopic (exact) mass is 395 g/mol. The van der Waals surface area contributed by atoms with Crippen LogP contribution in [0.2, 0.25) is 0 Å². The molecule has 29 heavy (non-hydrogen) atoms. The standard InChI is InChI=1S/C20H23N3.C2H2O4/c1-21-12-14-22(15-13-21)19-8-5-9-20-18(19)10-11-23(20)16-17-6-3-2-4-7-17;3-1(4)2(5)6/h2-11H,12-16H2,1H3;(H,3,4)(H,5,6). The summed E-state index contributed by atoms with van der Waals surface area (Å²) in [7, 11) is 2.29. The number of rotatable bonds is 3. The quantitative estimate of drug-likeness (QED) is 0.602. The van der Waals surface area contributed by atoms with Gasteiger partial charge in [0.1, 0.15) is 0 Å². The number of piperazine rings is 1. The van der Waals surface area contributed by atoms with E-state index in [4.69, 9.17) is 19.8 Å². The van der Waals surface area contributed by atoms with E-state index in [1.54, 1.807) is 4.90 Å². The molecule has 7 heteroatoms. The third-order valence-electron chi connectivity index (χ3n) is 5.12. The van der Waals surface area contributed by atoms with E-state index >= 15 is 0 Å². The van der Waals surface area contributed by atoms with E-state index in [2.05, 4.69) is 77.3 Å². The number of carbonyl (C=O) groups is 2. The van der Waals surface area contributed by atoms with E-state index in [1.807, 2.05) is 0 Å². The normalized spacial score (nSPS) is 14.3. The topological polar surface area (TPSA) is 90.0 Å². The molecule has 0 atom stereocenters. The van der Waals surface area contributed by atoms with Crippen molar-refractivity contribution in [3.63, 3.8) is 0 Å². The fraction of sp³-hybridized carbons (Fsp3) is 0.273. The Balaban J connectivity index is 0.000000353.